The number of ether oxygens (including phenoxy) is 1. The van der Waals surface area contributed by atoms with E-state index in [1.807, 2.05) is 44.2 Å². The minimum Gasteiger partial charge on any atom is -0.369 e. The van der Waals surface area contributed by atoms with E-state index in [1.165, 1.54) is 0 Å². The number of carbonyl (C=O) groups excluding carboxylic acids is 1. The molecule has 4 heteroatoms. The maximum atomic E-state index is 12.1. The molecule has 0 aliphatic rings. The molecule has 1 aromatic heterocycles. The zero-order chi connectivity index (χ0) is 15.9. The average molecular weight is 298 g/mol. The van der Waals surface area contributed by atoms with Crippen LogP contribution in [-0.4, -0.2) is 23.6 Å². The number of aryl methyl sites for hydroxylation is 1. The summed E-state index contributed by atoms with van der Waals surface area (Å²) >= 11 is 0. The van der Waals surface area contributed by atoms with Crippen molar-refractivity contribution < 1.29 is 9.53 Å². The molecular weight excluding hydrogens is 276 g/mol. The topological polar surface area (TPSA) is 51.2 Å². The number of rotatable bonds is 6. The maximum Gasteiger partial charge on any atom is 0.253 e. The van der Waals surface area contributed by atoms with E-state index in [4.69, 9.17) is 4.74 Å². The molecule has 0 fully saturated rings. The van der Waals surface area contributed by atoms with Gasteiger partial charge >= 0.3 is 0 Å². The summed E-state index contributed by atoms with van der Waals surface area (Å²) in [5.74, 6) is -0.125. The van der Waals surface area contributed by atoms with Crippen molar-refractivity contribution in [2.75, 3.05) is 11.9 Å². The minimum absolute atomic E-state index is 0.125. The van der Waals surface area contributed by atoms with Crippen LogP contribution in [0.25, 0.3) is 0 Å². The fourth-order valence-corrected chi connectivity index (χ4v) is 2.19. The van der Waals surface area contributed by atoms with Crippen molar-refractivity contribution >= 4 is 11.6 Å². The highest BCUT2D eigenvalue weighted by Crippen LogP contribution is 2.19. The van der Waals surface area contributed by atoms with Gasteiger partial charge in [-0.2, -0.15) is 0 Å². The van der Waals surface area contributed by atoms with Crippen LogP contribution in [0.5, 0.6) is 0 Å². The summed E-state index contributed by atoms with van der Waals surface area (Å²) in [6.07, 6.45) is 2.07. The molecular formula is C18H22N2O2. The quantitative estimate of drug-likeness (QED) is 0.890. The molecule has 22 heavy (non-hydrogen) atoms. The van der Waals surface area contributed by atoms with E-state index in [1.54, 1.807) is 13.1 Å². The Morgan fingerprint density at radius 3 is 2.82 bits per heavy atom. The third-order valence-corrected chi connectivity index (χ3v) is 3.46. The molecule has 116 valence electrons. The first-order chi connectivity index (χ1) is 10.6. The van der Waals surface area contributed by atoms with Gasteiger partial charge in [-0.05, 0) is 50.1 Å². The van der Waals surface area contributed by atoms with Crippen LogP contribution in [0.3, 0.4) is 0 Å². The number of carbonyl (C=O) groups is 1. The Hall–Kier alpha value is -2.20. The van der Waals surface area contributed by atoms with E-state index < -0.39 is 6.10 Å². The molecule has 1 aromatic carbocycles. The summed E-state index contributed by atoms with van der Waals surface area (Å²) in [7, 11) is 0. The second kappa shape index (κ2) is 7.71. The highest BCUT2D eigenvalue weighted by Gasteiger charge is 2.14. The van der Waals surface area contributed by atoms with Crippen molar-refractivity contribution in [3.8, 4) is 0 Å². The number of nitrogens with one attached hydrogen (secondary N) is 1. The highest BCUT2D eigenvalue weighted by molar-refractivity contribution is 5.94. The Labute approximate surface area is 131 Å². The van der Waals surface area contributed by atoms with Crippen molar-refractivity contribution in [1.82, 2.24) is 4.98 Å². The van der Waals surface area contributed by atoms with Gasteiger partial charge in [-0.1, -0.05) is 18.2 Å². The summed E-state index contributed by atoms with van der Waals surface area (Å²) in [6, 6.07) is 11.9. The van der Waals surface area contributed by atoms with Gasteiger partial charge in [0.1, 0.15) is 6.10 Å². The molecule has 0 saturated heterocycles. The highest BCUT2D eigenvalue weighted by atomic mass is 16.5. The molecule has 1 amide bonds. The molecule has 0 aliphatic heterocycles. The summed E-state index contributed by atoms with van der Waals surface area (Å²) in [5, 5.41) is 2.94. The molecule has 0 unspecified atom stereocenters. The molecule has 0 spiro atoms. The van der Waals surface area contributed by atoms with Crippen LogP contribution >= 0.6 is 0 Å². The fraction of sp³-hybridized carbons (Fsp3) is 0.333. The first-order valence-corrected chi connectivity index (χ1v) is 7.52. The van der Waals surface area contributed by atoms with Gasteiger partial charge in [0.2, 0.25) is 0 Å². The summed E-state index contributed by atoms with van der Waals surface area (Å²) in [5.41, 5.74) is 3.97. The number of amides is 1. The van der Waals surface area contributed by atoms with E-state index in [-0.39, 0.29) is 5.91 Å². The van der Waals surface area contributed by atoms with Crippen LogP contribution in [0.4, 0.5) is 5.69 Å². The Bertz CT molecular complexity index is 626. The zero-order valence-corrected chi connectivity index (χ0v) is 13.3. The number of nitrogens with zero attached hydrogens (tertiary/aromatic N) is 1. The van der Waals surface area contributed by atoms with Crippen molar-refractivity contribution in [2.24, 2.45) is 0 Å². The summed E-state index contributed by atoms with van der Waals surface area (Å²) in [6.45, 7) is 6.13. The molecule has 2 rings (SSSR count). The van der Waals surface area contributed by atoms with E-state index >= 15 is 0 Å². The Balaban J connectivity index is 2.11. The standard InChI is InChI=1S/C18H22N2O2/c1-4-22-14(3)18(21)20-17-12-15(9-8-13(17)2)11-16-7-5-6-10-19-16/h5-10,12,14H,4,11H2,1-3H3,(H,20,21)/t14-/m0/s1. The Morgan fingerprint density at radius 1 is 1.32 bits per heavy atom. The number of hydrogen-bond acceptors (Lipinski definition) is 3. The smallest absolute Gasteiger partial charge is 0.253 e. The maximum absolute atomic E-state index is 12.1. The lowest BCUT2D eigenvalue weighted by Gasteiger charge is -2.14. The van der Waals surface area contributed by atoms with E-state index in [9.17, 15) is 4.79 Å². The van der Waals surface area contributed by atoms with Crippen LogP contribution in [0.1, 0.15) is 30.7 Å². The Morgan fingerprint density at radius 2 is 2.14 bits per heavy atom. The van der Waals surface area contributed by atoms with Gasteiger partial charge in [0, 0.05) is 30.6 Å². The predicted molar refractivity (Wildman–Crippen MR) is 87.9 cm³/mol. The second-order valence-corrected chi connectivity index (χ2v) is 5.23. The molecule has 4 nitrogen and oxygen atoms in total. The number of benzene rings is 1. The molecule has 2 aromatic rings. The lowest BCUT2D eigenvalue weighted by molar-refractivity contribution is -0.126. The van der Waals surface area contributed by atoms with Gasteiger partial charge in [0.05, 0.1) is 0 Å². The van der Waals surface area contributed by atoms with E-state index in [0.717, 1.165) is 28.9 Å². The summed E-state index contributed by atoms with van der Waals surface area (Å²) < 4.78 is 5.32. The largest absolute Gasteiger partial charge is 0.369 e. The van der Waals surface area contributed by atoms with E-state index in [0.29, 0.717) is 6.61 Å². The number of anilines is 1. The van der Waals surface area contributed by atoms with Crippen LogP contribution in [0.2, 0.25) is 0 Å². The number of pyridine rings is 1. The normalized spacial score (nSPS) is 12.0. The molecule has 0 aliphatic carbocycles. The second-order valence-electron chi connectivity index (χ2n) is 5.23. The number of aromatic nitrogens is 1. The molecule has 1 N–H and O–H groups in total. The van der Waals surface area contributed by atoms with Crippen LogP contribution in [0.15, 0.2) is 42.6 Å². The minimum atomic E-state index is -0.455. The zero-order valence-electron chi connectivity index (χ0n) is 13.3. The van der Waals surface area contributed by atoms with Crippen molar-refractivity contribution in [3.05, 3.63) is 59.4 Å². The van der Waals surface area contributed by atoms with Gasteiger partial charge in [-0.15, -0.1) is 0 Å². The first-order valence-electron chi connectivity index (χ1n) is 7.52. The van der Waals surface area contributed by atoms with E-state index in [2.05, 4.69) is 16.4 Å². The van der Waals surface area contributed by atoms with Crippen LogP contribution in [0, 0.1) is 6.92 Å². The molecule has 0 bridgehead atoms. The van der Waals surface area contributed by atoms with Gasteiger partial charge in [-0.25, -0.2) is 0 Å². The molecule has 0 saturated carbocycles. The lowest BCUT2D eigenvalue weighted by atomic mass is 10.1. The third-order valence-electron chi connectivity index (χ3n) is 3.46. The monoisotopic (exact) mass is 298 g/mol. The SMILES string of the molecule is CCO[C@@H](C)C(=O)Nc1cc(Cc2ccccn2)ccc1C. The van der Waals surface area contributed by atoms with Gasteiger partial charge in [0.15, 0.2) is 0 Å². The number of hydrogen-bond donors (Lipinski definition) is 1. The van der Waals surface area contributed by atoms with Gasteiger partial charge in [-0.3, -0.25) is 9.78 Å². The molecule has 1 atom stereocenters. The van der Waals surface area contributed by atoms with Gasteiger partial charge < -0.3 is 10.1 Å². The van der Waals surface area contributed by atoms with Crippen LogP contribution in [-0.2, 0) is 16.0 Å². The lowest BCUT2D eigenvalue weighted by Crippen LogP contribution is -2.28. The Kier molecular flexibility index (Phi) is 5.67. The first kappa shape index (κ1) is 16.2. The van der Waals surface area contributed by atoms with Crippen molar-refractivity contribution in [1.29, 1.82) is 0 Å². The third kappa shape index (κ3) is 4.40. The fourth-order valence-electron chi connectivity index (χ4n) is 2.19. The molecule has 0 radical (unpaired) electrons. The predicted octanol–water partition coefficient (Wildman–Crippen LogP) is 3.34. The van der Waals surface area contributed by atoms with Gasteiger partial charge in [0.25, 0.3) is 5.91 Å². The van der Waals surface area contributed by atoms with Crippen molar-refractivity contribution in [2.45, 2.75) is 33.3 Å². The average Bonchev–Trinajstić information content (AvgIpc) is 2.52. The summed E-state index contributed by atoms with van der Waals surface area (Å²) in [4.78, 5) is 16.4. The molecule has 1 heterocycles. The van der Waals surface area contributed by atoms with Crippen LogP contribution < -0.4 is 5.32 Å². The van der Waals surface area contributed by atoms with Crippen molar-refractivity contribution in [3.63, 3.8) is 0 Å².